The van der Waals surface area contributed by atoms with E-state index in [1.54, 1.807) is 0 Å². The van der Waals surface area contributed by atoms with Crippen LogP contribution in [0.3, 0.4) is 0 Å². The van der Waals surface area contributed by atoms with Gasteiger partial charge < -0.3 is 18.3 Å². The van der Waals surface area contributed by atoms with Crippen LogP contribution in [0.2, 0.25) is 0 Å². The Morgan fingerprint density at radius 2 is 0.478 bits per heavy atom. The van der Waals surface area contributed by atoms with E-state index in [4.69, 9.17) is 19.9 Å². The summed E-state index contributed by atoms with van der Waals surface area (Å²) >= 11 is 0. The van der Waals surface area contributed by atoms with Crippen LogP contribution < -0.4 is 0 Å². The summed E-state index contributed by atoms with van der Waals surface area (Å²) in [6.45, 7) is 0. The third-order valence-corrected chi connectivity index (χ3v) is 18.1. The van der Waals surface area contributed by atoms with Gasteiger partial charge in [-0.25, -0.2) is 0 Å². The number of hydrogen-bond acceptors (Lipinski definition) is 4. The summed E-state index contributed by atoms with van der Waals surface area (Å²) in [5.41, 5.74) is 27.9. The van der Waals surface area contributed by atoms with E-state index in [-0.39, 0.29) is 0 Å². The Hall–Kier alpha value is -12.5. The summed E-state index contributed by atoms with van der Waals surface area (Å²) in [6.07, 6.45) is 12.2. The van der Waals surface area contributed by atoms with Gasteiger partial charge in [-0.05, 0) is 189 Å². The maximum atomic E-state index is 4.86. The number of benzene rings is 10. The van der Waals surface area contributed by atoms with Crippen molar-refractivity contribution in [1.82, 2.24) is 38.2 Å². The molecule has 0 N–H and O–H groups in total. The quantitative estimate of drug-likeness (QED) is 0.121. The van der Waals surface area contributed by atoms with Gasteiger partial charge in [0.05, 0.1) is 66.2 Å². The molecular formula is C84H54N8. The minimum Gasteiger partial charge on any atom is -0.308 e. The zero-order valence-corrected chi connectivity index (χ0v) is 49.8. The second kappa shape index (κ2) is 21.7. The first-order valence-electron chi connectivity index (χ1n) is 31.1. The highest BCUT2D eigenvalue weighted by Gasteiger charge is 2.20. The van der Waals surface area contributed by atoms with Gasteiger partial charge >= 0.3 is 0 Å². The van der Waals surface area contributed by atoms with Gasteiger partial charge in [0.15, 0.2) is 0 Å². The molecule has 0 amide bonds. The maximum Gasteiger partial charge on any atom is 0.0963 e. The van der Waals surface area contributed by atoms with E-state index in [1.165, 1.54) is 0 Å². The minimum absolute atomic E-state index is 0.986. The van der Waals surface area contributed by atoms with Crippen molar-refractivity contribution in [3.05, 3.63) is 349 Å². The number of aromatic nitrogens is 8. The molecule has 0 aliphatic rings. The molecule has 18 rings (SSSR count). The van der Waals surface area contributed by atoms with Gasteiger partial charge in [0, 0.05) is 69.1 Å². The average molecular weight is 1180 g/mol. The van der Waals surface area contributed by atoms with Crippen molar-refractivity contribution in [2.75, 3.05) is 0 Å². The van der Waals surface area contributed by atoms with Crippen LogP contribution in [0.1, 0.15) is 33.4 Å². The molecule has 8 heterocycles. The third kappa shape index (κ3) is 8.76. The largest absolute Gasteiger partial charge is 0.308 e. The van der Waals surface area contributed by atoms with Crippen LogP contribution in [0, 0.1) is 0 Å². The summed E-state index contributed by atoms with van der Waals surface area (Å²) in [7, 11) is 0. The summed E-state index contributed by atoms with van der Waals surface area (Å²) in [6, 6.07) is 105. The van der Waals surface area contributed by atoms with Crippen LogP contribution in [-0.4, -0.2) is 38.2 Å². The van der Waals surface area contributed by atoms with Crippen LogP contribution in [0.5, 0.6) is 0 Å². The predicted octanol–water partition coefficient (Wildman–Crippen LogP) is 20.5. The number of nitrogens with zero attached hydrogens (tertiary/aromatic N) is 8. The van der Waals surface area contributed by atoms with Gasteiger partial charge in [-0.2, -0.15) is 0 Å². The molecule has 0 radical (unpaired) electrons. The smallest absolute Gasteiger partial charge is 0.0963 e. The molecule has 0 aliphatic carbocycles. The molecule has 0 unspecified atom stereocenters. The van der Waals surface area contributed by atoms with Crippen molar-refractivity contribution in [3.8, 4) is 33.9 Å². The summed E-state index contributed by atoms with van der Waals surface area (Å²) in [5, 5.41) is 4.50. The summed E-state index contributed by atoms with van der Waals surface area (Å²) in [4.78, 5) is 19.5. The van der Waals surface area contributed by atoms with E-state index in [0.29, 0.717) is 0 Å². The van der Waals surface area contributed by atoms with Crippen molar-refractivity contribution < 1.29 is 0 Å². The fraction of sp³-hybridized carbons (Fsp3) is 0. The van der Waals surface area contributed by atoms with Crippen LogP contribution in [0.25, 0.3) is 145 Å². The van der Waals surface area contributed by atoms with Gasteiger partial charge in [0.2, 0.25) is 0 Å². The van der Waals surface area contributed by atoms with E-state index >= 15 is 0 Å². The van der Waals surface area contributed by atoms with Crippen molar-refractivity contribution in [3.63, 3.8) is 0 Å². The minimum atomic E-state index is 0.986. The Labute approximate surface area is 529 Å². The zero-order valence-electron chi connectivity index (χ0n) is 49.8. The summed E-state index contributed by atoms with van der Waals surface area (Å²) in [5.74, 6) is 0. The lowest BCUT2D eigenvalue weighted by Gasteiger charge is -2.15. The first-order valence-corrected chi connectivity index (χ1v) is 31.1. The maximum absolute atomic E-state index is 4.86. The topological polar surface area (TPSA) is 71.3 Å². The molecule has 8 aromatic heterocycles. The van der Waals surface area contributed by atoms with Crippen molar-refractivity contribution in [2.24, 2.45) is 0 Å². The SMILES string of the molecule is C(=C(c1cccc(-n2c3ccccc3c3ncccc32)c1)c1cccc(-n2c3ccccc3c3ncccc32)c1)c1ccc(-c2ccc(C=C(c3cccc(-n4c5ccccc5c5ncccc54)c3)c3cccc(-n4c5ccccc5c5ncccc54)c3)cc2)cc1. The molecule has 0 spiro atoms. The zero-order chi connectivity index (χ0) is 60.6. The first-order chi connectivity index (χ1) is 45.6. The van der Waals surface area contributed by atoms with Crippen LogP contribution in [-0.2, 0) is 0 Å². The molecule has 430 valence electrons. The fourth-order valence-electron chi connectivity index (χ4n) is 14.0. The second-order valence-electron chi connectivity index (χ2n) is 23.5. The lowest BCUT2D eigenvalue weighted by Crippen LogP contribution is -1.98. The highest BCUT2D eigenvalue weighted by atomic mass is 15.0. The Balaban J connectivity index is 0.735. The fourth-order valence-corrected chi connectivity index (χ4v) is 14.0. The van der Waals surface area contributed by atoms with E-state index in [0.717, 1.165) is 166 Å². The second-order valence-corrected chi connectivity index (χ2v) is 23.5. The monoisotopic (exact) mass is 1170 g/mol. The number of rotatable bonds is 11. The highest BCUT2D eigenvalue weighted by molar-refractivity contribution is 6.10. The highest BCUT2D eigenvalue weighted by Crippen LogP contribution is 2.39. The Bertz CT molecular complexity index is 5110. The molecule has 0 fully saturated rings. The summed E-state index contributed by atoms with van der Waals surface area (Å²) < 4.78 is 9.35. The molecule has 10 aromatic carbocycles. The molecule has 0 bridgehead atoms. The number of para-hydroxylation sites is 4. The van der Waals surface area contributed by atoms with E-state index in [9.17, 15) is 0 Å². The standard InChI is InChI=1S/C84H54N8/c1-5-29-73-67(25-1)81-77(33-13-45-85-81)89(73)63-21-9-17-59(51-63)71(60-18-10-22-64(52-60)90-74-30-6-2-26-68(74)82-78(90)34-14-46-86-82)49-55-37-41-57(42-38-55)58-43-39-56(40-44-58)50-72(61-19-11-23-65(53-61)91-75-31-7-3-27-69(75)83-79(91)35-15-47-87-83)62-20-12-24-66(54-62)92-76-32-8-4-28-70(76)84-80(92)36-16-48-88-84/h1-54H. The van der Waals surface area contributed by atoms with Gasteiger partial charge in [0.1, 0.15) is 0 Å². The first kappa shape index (κ1) is 52.6. The molecule has 0 saturated heterocycles. The van der Waals surface area contributed by atoms with Crippen molar-refractivity contribution in [2.45, 2.75) is 0 Å². The Morgan fingerprint density at radius 3 is 0.750 bits per heavy atom. The third-order valence-electron chi connectivity index (χ3n) is 18.1. The van der Waals surface area contributed by atoms with Crippen LogP contribution in [0.15, 0.2) is 316 Å². The number of pyridine rings is 4. The number of hydrogen-bond donors (Lipinski definition) is 0. The Kier molecular flexibility index (Phi) is 12.4. The molecule has 8 nitrogen and oxygen atoms in total. The van der Waals surface area contributed by atoms with Crippen molar-refractivity contribution >= 4 is 111 Å². The van der Waals surface area contributed by atoms with Gasteiger partial charge in [-0.3, -0.25) is 19.9 Å². The van der Waals surface area contributed by atoms with E-state index in [2.05, 4.69) is 297 Å². The van der Waals surface area contributed by atoms with Gasteiger partial charge in [-0.15, -0.1) is 0 Å². The predicted molar refractivity (Wildman–Crippen MR) is 380 cm³/mol. The number of fused-ring (bicyclic) bond motifs is 12. The lowest BCUT2D eigenvalue weighted by molar-refractivity contribution is 1.17. The molecule has 0 saturated carbocycles. The van der Waals surface area contributed by atoms with Gasteiger partial charge in [0.25, 0.3) is 0 Å². The molecule has 0 atom stereocenters. The Morgan fingerprint density at radius 1 is 0.228 bits per heavy atom. The van der Waals surface area contributed by atoms with Crippen LogP contribution in [0.4, 0.5) is 0 Å². The van der Waals surface area contributed by atoms with Crippen molar-refractivity contribution in [1.29, 1.82) is 0 Å². The molecular weight excluding hydrogens is 1120 g/mol. The van der Waals surface area contributed by atoms with E-state index in [1.807, 2.05) is 49.1 Å². The molecule has 8 heteroatoms. The van der Waals surface area contributed by atoms with Crippen LogP contribution >= 0.6 is 0 Å². The lowest BCUT2D eigenvalue weighted by atomic mass is 9.93. The average Bonchev–Trinajstić information content (AvgIpc) is 1.65. The molecule has 18 aromatic rings. The van der Waals surface area contributed by atoms with E-state index < -0.39 is 0 Å². The molecule has 92 heavy (non-hydrogen) atoms. The van der Waals surface area contributed by atoms with Gasteiger partial charge in [-0.1, -0.05) is 170 Å². The molecule has 0 aliphatic heterocycles. The normalized spacial score (nSPS) is 11.7.